The summed E-state index contributed by atoms with van der Waals surface area (Å²) in [5.41, 5.74) is 0.311. The fraction of sp³-hybridized carbons (Fsp3) is 0.688. The summed E-state index contributed by atoms with van der Waals surface area (Å²) in [5.74, 6) is 1.18. The number of carbonyl (C=O) groups is 1. The minimum atomic E-state index is -0.429. The summed E-state index contributed by atoms with van der Waals surface area (Å²) in [7, 11) is 0. The summed E-state index contributed by atoms with van der Waals surface area (Å²) in [6.45, 7) is 6.58. The quantitative estimate of drug-likeness (QED) is 0.469. The molecule has 0 aromatic carbocycles. The van der Waals surface area contributed by atoms with Crippen LogP contribution in [-0.4, -0.2) is 34.9 Å². The number of hydrogen-bond acceptors (Lipinski definition) is 6. The largest absolute Gasteiger partial charge is 0.474 e. The second-order valence-electron chi connectivity index (χ2n) is 5.95. The van der Waals surface area contributed by atoms with Crippen molar-refractivity contribution in [1.29, 1.82) is 0 Å². The van der Waals surface area contributed by atoms with E-state index in [4.69, 9.17) is 9.47 Å². The van der Waals surface area contributed by atoms with E-state index in [0.29, 0.717) is 35.0 Å². The minimum Gasteiger partial charge on any atom is -0.474 e. The van der Waals surface area contributed by atoms with Gasteiger partial charge in [0.15, 0.2) is 5.16 Å². The van der Waals surface area contributed by atoms with Crippen LogP contribution in [0.25, 0.3) is 0 Å². The van der Waals surface area contributed by atoms with E-state index in [9.17, 15) is 4.79 Å². The molecule has 1 fully saturated rings. The number of aromatic nitrogens is 2. The number of esters is 1. The Morgan fingerprint density at radius 2 is 2.00 bits per heavy atom. The van der Waals surface area contributed by atoms with E-state index in [1.165, 1.54) is 24.4 Å². The van der Waals surface area contributed by atoms with Gasteiger partial charge >= 0.3 is 5.97 Å². The van der Waals surface area contributed by atoms with Gasteiger partial charge in [-0.3, -0.25) is 0 Å². The summed E-state index contributed by atoms with van der Waals surface area (Å²) in [6.07, 6.45) is 6.70. The van der Waals surface area contributed by atoms with Crippen LogP contribution in [-0.2, 0) is 4.74 Å². The molecule has 0 saturated heterocycles. The van der Waals surface area contributed by atoms with E-state index >= 15 is 0 Å². The molecule has 2 atom stereocenters. The highest BCUT2D eigenvalue weighted by Crippen LogP contribution is 2.32. The van der Waals surface area contributed by atoms with E-state index in [1.54, 1.807) is 6.92 Å². The highest BCUT2D eigenvalue weighted by molar-refractivity contribution is 7.98. The van der Waals surface area contributed by atoms with Gasteiger partial charge < -0.3 is 9.47 Å². The number of rotatable bonds is 5. The molecule has 1 aliphatic carbocycles. The molecular formula is C16H24N2O3S. The van der Waals surface area contributed by atoms with Crippen molar-refractivity contribution in [3.63, 3.8) is 0 Å². The maximum Gasteiger partial charge on any atom is 0.345 e. The Balaban J connectivity index is 2.21. The maximum atomic E-state index is 12.0. The summed E-state index contributed by atoms with van der Waals surface area (Å²) >= 11 is 1.43. The summed E-state index contributed by atoms with van der Waals surface area (Å²) in [6, 6.07) is 0. The van der Waals surface area contributed by atoms with Crippen molar-refractivity contribution < 1.29 is 14.3 Å². The number of thioether (sulfide) groups is 1. The van der Waals surface area contributed by atoms with Crippen LogP contribution in [0.15, 0.2) is 11.4 Å². The molecule has 0 N–H and O–H groups in total. The van der Waals surface area contributed by atoms with E-state index in [-0.39, 0.29) is 6.10 Å². The smallest absolute Gasteiger partial charge is 0.345 e. The Morgan fingerprint density at radius 1 is 1.32 bits per heavy atom. The zero-order valence-corrected chi connectivity index (χ0v) is 14.5. The first-order valence-electron chi connectivity index (χ1n) is 7.78. The summed E-state index contributed by atoms with van der Waals surface area (Å²) in [5, 5.41) is 0.597. The monoisotopic (exact) mass is 324 g/mol. The molecule has 22 heavy (non-hydrogen) atoms. The third kappa shape index (κ3) is 4.35. The first-order chi connectivity index (χ1) is 10.5. The lowest BCUT2D eigenvalue weighted by atomic mass is 9.82. The Hall–Kier alpha value is -1.30. The van der Waals surface area contributed by atoms with Crippen LogP contribution in [0.3, 0.4) is 0 Å². The van der Waals surface area contributed by atoms with E-state index < -0.39 is 5.97 Å². The van der Waals surface area contributed by atoms with Gasteiger partial charge in [-0.05, 0) is 44.3 Å². The van der Waals surface area contributed by atoms with Gasteiger partial charge in [-0.25, -0.2) is 9.78 Å². The second kappa shape index (κ2) is 7.81. The lowest BCUT2D eigenvalue weighted by Gasteiger charge is -2.31. The molecule has 1 aliphatic rings. The van der Waals surface area contributed by atoms with Crippen molar-refractivity contribution in [2.75, 3.05) is 12.9 Å². The van der Waals surface area contributed by atoms with Gasteiger partial charge in [-0.1, -0.05) is 25.6 Å². The zero-order chi connectivity index (χ0) is 16.1. The number of hydrogen-bond donors (Lipinski definition) is 0. The molecule has 1 aromatic rings. The average Bonchev–Trinajstić information content (AvgIpc) is 2.46. The summed E-state index contributed by atoms with van der Waals surface area (Å²) in [4.78, 5) is 20.6. The van der Waals surface area contributed by atoms with Crippen molar-refractivity contribution in [3.05, 3.63) is 11.8 Å². The standard InChI is InChI=1S/C16H24N2O3S/c1-5-20-15(19)13-9-17-16(22-4)18-14(13)21-12-7-10(2)6-11(3)8-12/h9-12H,5-8H2,1-4H3. The SMILES string of the molecule is CCOC(=O)c1cnc(SC)nc1OC1CC(C)CC(C)C1. The van der Waals surface area contributed by atoms with Crippen molar-refractivity contribution in [2.24, 2.45) is 11.8 Å². The Morgan fingerprint density at radius 3 is 2.59 bits per heavy atom. The molecule has 0 spiro atoms. The molecule has 1 saturated carbocycles. The van der Waals surface area contributed by atoms with Crippen molar-refractivity contribution in [1.82, 2.24) is 9.97 Å². The normalized spacial score (nSPS) is 24.8. The molecule has 2 rings (SSSR count). The lowest BCUT2D eigenvalue weighted by Crippen LogP contribution is -2.29. The molecule has 0 amide bonds. The predicted molar refractivity (Wildman–Crippen MR) is 86.4 cm³/mol. The minimum absolute atomic E-state index is 0.0940. The molecule has 5 nitrogen and oxygen atoms in total. The maximum absolute atomic E-state index is 12.0. The Kier molecular flexibility index (Phi) is 6.06. The van der Waals surface area contributed by atoms with E-state index in [1.807, 2.05) is 6.26 Å². The van der Waals surface area contributed by atoms with Crippen LogP contribution in [0, 0.1) is 11.8 Å². The van der Waals surface area contributed by atoms with Crippen LogP contribution in [0.1, 0.15) is 50.4 Å². The molecule has 0 aliphatic heterocycles. The first-order valence-corrected chi connectivity index (χ1v) is 9.00. The van der Waals surface area contributed by atoms with Crippen LogP contribution in [0.4, 0.5) is 0 Å². The van der Waals surface area contributed by atoms with Gasteiger partial charge in [0.25, 0.3) is 0 Å². The van der Waals surface area contributed by atoms with Gasteiger partial charge in [0, 0.05) is 6.20 Å². The highest BCUT2D eigenvalue weighted by Gasteiger charge is 2.27. The highest BCUT2D eigenvalue weighted by atomic mass is 32.2. The fourth-order valence-corrected chi connectivity index (χ4v) is 3.35. The fourth-order valence-electron chi connectivity index (χ4n) is 3.02. The van der Waals surface area contributed by atoms with Crippen molar-refractivity contribution in [2.45, 2.75) is 51.3 Å². The summed E-state index contributed by atoms with van der Waals surface area (Å²) < 4.78 is 11.1. The number of carbonyl (C=O) groups excluding carboxylic acids is 1. The predicted octanol–water partition coefficient (Wildman–Crippen LogP) is 3.58. The van der Waals surface area contributed by atoms with Gasteiger partial charge in [0.05, 0.1) is 6.61 Å². The van der Waals surface area contributed by atoms with E-state index in [2.05, 4.69) is 23.8 Å². The molecular weight excluding hydrogens is 300 g/mol. The number of ether oxygens (including phenoxy) is 2. The Labute approximate surface area is 136 Å². The van der Waals surface area contributed by atoms with Crippen LogP contribution in [0.2, 0.25) is 0 Å². The molecule has 122 valence electrons. The first kappa shape index (κ1) is 17.1. The topological polar surface area (TPSA) is 61.3 Å². The lowest BCUT2D eigenvalue weighted by molar-refractivity contribution is 0.0505. The molecule has 0 radical (unpaired) electrons. The van der Waals surface area contributed by atoms with Gasteiger partial charge in [-0.2, -0.15) is 4.98 Å². The van der Waals surface area contributed by atoms with Gasteiger partial charge in [0.1, 0.15) is 11.7 Å². The third-order valence-electron chi connectivity index (χ3n) is 3.82. The number of nitrogens with zero attached hydrogens (tertiary/aromatic N) is 2. The third-order valence-corrected chi connectivity index (χ3v) is 4.39. The van der Waals surface area contributed by atoms with E-state index in [0.717, 1.165) is 12.8 Å². The molecule has 0 bridgehead atoms. The van der Waals surface area contributed by atoms with Gasteiger partial charge in [-0.15, -0.1) is 0 Å². The molecule has 1 heterocycles. The zero-order valence-electron chi connectivity index (χ0n) is 13.7. The van der Waals surface area contributed by atoms with Crippen molar-refractivity contribution in [3.8, 4) is 5.88 Å². The molecule has 2 unspecified atom stereocenters. The molecule has 1 aromatic heterocycles. The Bertz CT molecular complexity index is 514. The van der Waals surface area contributed by atoms with Crippen LogP contribution in [0.5, 0.6) is 5.88 Å². The average molecular weight is 324 g/mol. The van der Waals surface area contributed by atoms with Crippen LogP contribution >= 0.6 is 11.8 Å². The van der Waals surface area contributed by atoms with Gasteiger partial charge in [0.2, 0.25) is 5.88 Å². The van der Waals surface area contributed by atoms with Crippen LogP contribution < -0.4 is 4.74 Å². The molecule has 6 heteroatoms. The second-order valence-corrected chi connectivity index (χ2v) is 6.73. The van der Waals surface area contributed by atoms with Crippen molar-refractivity contribution >= 4 is 17.7 Å².